The maximum atomic E-state index is 11.6. The van der Waals surface area contributed by atoms with Crippen LogP contribution in [0.5, 0.6) is 0 Å². The van der Waals surface area contributed by atoms with Gasteiger partial charge in [0.25, 0.3) is 0 Å². The van der Waals surface area contributed by atoms with E-state index >= 15 is 0 Å². The molecular weight excluding hydrogens is 254 g/mol. The zero-order valence-corrected chi connectivity index (χ0v) is 12.6. The summed E-state index contributed by atoms with van der Waals surface area (Å²) in [4.78, 5) is 0. The fourth-order valence-electron chi connectivity index (χ4n) is 2.51. The molecule has 1 rings (SSSR count). The molecule has 0 aromatic carbocycles. The second-order valence-electron chi connectivity index (χ2n) is 4.91. The Morgan fingerprint density at radius 2 is 2.00 bits per heavy atom. The van der Waals surface area contributed by atoms with E-state index in [0.717, 1.165) is 32.2 Å². The van der Waals surface area contributed by atoms with Gasteiger partial charge in [0.15, 0.2) is 9.84 Å². The van der Waals surface area contributed by atoms with Crippen molar-refractivity contribution in [3.63, 3.8) is 0 Å². The van der Waals surface area contributed by atoms with Crippen molar-refractivity contribution in [3.8, 4) is 0 Å². The molecule has 0 saturated heterocycles. The Labute approximate surface area is 110 Å². The van der Waals surface area contributed by atoms with Crippen LogP contribution in [0.1, 0.15) is 38.5 Å². The van der Waals surface area contributed by atoms with Gasteiger partial charge in [0.2, 0.25) is 0 Å². The summed E-state index contributed by atoms with van der Waals surface area (Å²) in [5.74, 6) is 1.23. The van der Waals surface area contributed by atoms with Crippen molar-refractivity contribution in [2.75, 3.05) is 24.8 Å². The highest BCUT2D eigenvalue weighted by molar-refractivity contribution is 7.98. The molecule has 0 radical (unpaired) electrons. The molecule has 0 aromatic rings. The van der Waals surface area contributed by atoms with Gasteiger partial charge in [0, 0.05) is 12.3 Å². The highest BCUT2D eigenvalue weighted by atomic mass is 32.2. The van der Waals surface area contributed by atoms with Crippen LogP contribution in [0.4, 0.5) is 0 Å². The number of sulfone groups is 1. The van der Waals surface area contributed by atoms with Crippen LogP contribution in [0, 0.1) is 0 Å². The topological polar surface area (TPSA) is 46.2 Å². The molecule has 102 valence electrons. The first-order valence-electron chi connectivity index (χ1n) is 6.47. The van der Waals surface area contributed by atoms with Crippen molar-refractivity contribution < 1.29 is 8.42 Å². The Bertz CT molecular complexity index is 304. The predicted molar refractivity (Wildman–Crippen MR) is 76.5 cm³/mol. The summed E-state index contributed by atoms with van der Waals surface area (Å²) in [6, 6.07) is 0.200. The summed E-state index contributed by atoms with van der Waals surface area (Å²) < 4.78 is 23.2. The van der Waals surface area contributed by atoms with E-state index in [0.29, 0.717) is 0 Å². The summed E-state index contributed by atoms with van der Waals surface area (Å²) in [7, 11) is -2.87. The maximum Gasteiger partial charge on any atom is 0.151 e. The molecule has 0 spiro atoms. The number of nitrogens with one attached hydrogen (secondary N) is 1. The minimum Gasteiger partial charge on any atom is -0.313 e. The van der Waals surface area contributed by atoms with Gasteiger partial charge in [0.1, 0.15) is 0 Å². The Balaban J connectivity index is 2.18. The summed E-state index contributed by atoms with van der Waals surface area (Å²) in [6.45, 7) is 0.963. The van der Waals surface area contributed by atoms with Crippen LogP contribution >= 0.6 is 11.8 Å². The molecule has 2 atom stereocenters. The van der Waals surface area contributed by atoms with Gasteiger partial charge in [-0.2, -0.15) is 11.8 Å². The second kappa shape index (κ2) is 7.64. The van der Waals surface area contributed by atoms with Crippen molar-refractivity contribution in [1.29, 1.82) is 0 Å². The van der Waals surface area contributed by atoms with Crippen molar-refractivity contribution in [3.05, 3.63) is 0 Å². The number of rotatable bonds is 8. The van der Waals surface area contributed by atoms with Gasteiger partial charge in [-0.3, -0.25) is 0 Å². The van der Waals surface area contributed by atoms with Crippen LogP contribution in [0.15, 0.2) is 0 Å². The van der Waals surface area contributed by atoms with Gasteiger partial charge < -0.3 is 5.32 Å². The lowest BCUT2D eigenvalue weighted by Gasteiger charge is -2.19. The lowest BCUT2D eigenvalue weighted by molar-refractivity contribution is 0.495. The van der Waals surface area contributed by atoms with Crippen LogP contribution < -0.4 is 5.32 Å². The summed E-state index contributed by atoms with van der Waals surface area (Å²) in [5.41, 5.74) is 0. The SMILES string of the molecule is CSCCCCCNC1CCCC1S(C)(=O)=O. The summed E-state index contributed by atoms with van der Waals surface area (Å²) in [5, 5.41) is 3.28. The zero-order valence-electron chi connectivity index (χ0n) is 10.9. The zero-order chi connectivity index (χ0) is 12.7. The smallest absolute Gasteiger partial charge is 0.151 e. The molecule has 0 aliphatic heterocycles. The average Bonchev–Trinajstić information content (AvgIpc) is 2.71. The Hall–Kier alpha value is 0.260. The van der Waals surface area contributed by atoms with Crippen LogP contribution in [0.3, 0.4) is 0 Å². The molecule has 1 aliphatic carbocycles. The van der Waals surface area contributed by atoms with Crippen LogP contribution in [-0.4, -0.2) is 44.5 Å². The molecular formula is C12H25NO2S2. The fraction of sp³-hybridized carbons (Fsp3) is 1.00. The standard InChI is InChI=1S/C12H25NO2S2/c1-16-10-5-3-4-9-13-11-7-6-8-12(11)17(2,14)15/h11-13H,3-10H2,1-2H3. The first kappa shape index (κ1) is 15.3. The van der Waals surface area contributed by atoms with Gasteiger partial charge in [-0.15, -0.1) is 0 Å². The Morgan fingerprint density at radius 3 is 2.65 bits per heavy atom. The van der Waals surface area contributed by atoms with Gasteiger partial charge in [0.05, 0.1) is 5.25 Å². The molecule has 1 aliphatic rings. The molecule has 3 nitrogen and oxygen atoms in total. The van der Waals surface area contributed by atoms with E-state index in [-0.39, 0.29) is 11.3 Å². The van der Waals surface area contributed by atoms with Gasteiger partial charge in [-0.25, -0.2) is 8.42 Å². The normalized spacial score (nSPS) is 25.3. The first-order valence-corrected chi connectivity index (χ1v) is 9.81. The third-order valence-electron chi connectivity index (χ3n) is 3.43. The van der Waals surface area contributed by atoms with E-state index in [9.17, 15) is 8.42 Å². The minimum absolute atomic E-state index is 0.145. The first-order chi connectivity index (χ1) is 8.05. The van der Waals surface area contributed by atoms with Crippen LogP contribution in [0.2, 0.25) is 0 Å². The average molecular weight is 279 g/mol. The van der Waals surface area contributed by atoms with E-state index in [2.05, 4.69) is 11.6 Å². The molecule has 17 heavy (non-hydrogen) atoms. The molecule has 5 heteroatoms. The van der Waals surface area contributed by atoms with E-state index < -0.39 is 9.84 Å². The highest BCUT2D eigenvalue weighted by Crippen LogP contribution is 2.24. The van der Waals surface area contributed by atoms with Gasteiger partial charge >= 0.3 is 0 Å². The highest BCUT2D eigenvalue weighted by Gasteiger charge is 2.33. The molecule has 1 saturated carbocycles. The lowest BCUT2D eigenvalue weighted by atomic mass is 10.2. The summed E-state index contributed by atoms with van der Waals surface area (Å²) >= 11 is 1.89. The van der Waals surface area contributed by atoms with Gasteiger partial charge in [-0.1, -0.05) is 12.8 Å². The Morgan fingerprint density at radius 1 is 1.24 bits per heavy atom. The van der Waals surface area contributed by atoms with E-state index in [1.807, 2.05) is 11.8 Å². The largest absolute Gasteiger partial charge is 0.313 e. The van der Waals surface area contributed by atoms with Gasteiger partial charge in [-0.05, 0) is 44.2 Å². The molecule has 0 heterocycles. The van der Waals surface area contributed by atoms with E-state index in [1.165, 1.54) is 24.9 Å². The third kappa shape index (κ3) is 5.62. The molecule has 2 unspecified atom stereocenters. The molecule has 0 aromatic heterocycles. The quantitative estimate of drug-likeness (QED) is 0.691. The molecule has 1 fully saturated rings. The van der Waals surface area contributed by atoms with Crippen LogP contribution in [-0.2, 0) is 9.84 Å². The molecule has 0 amide bonds. The number of thioether (sulfide) groups is 1. The number of hydrogen-bond acceptors (Lipinski definition) is 4. The third-order valence-corrected chi connectivity index (χ3v) is 5.80. The van der Waals surface area contributed by atoms with E-state index in [1.54, 1.807) is 0 Å². The minimum atomic E-state index is -2.87. The number of hydrogen-bond donors (Lipinski definition) is 1. The van der Waals surface area contributed by atoms with Crippen molar-refractivity contribution in [2.24, 2.45) is 0 Å². The fourth-order valence-corrected chi connectivity index (χ4v) is 4.42. The Kier molecular flexibility index (Phi) is 6.89. The van der Waals surface area contributed by atoms with Crippen molar-refractivity contribution in [1.82, 2.24) is 5.32 Å². The van der Waals surface area contributed by atoms with E-state index in [4.69, 9.17) is 0 Å². The summed E-state index contributed by atoms with van der Waals surface area (Å²) in [6.07, 6.45) is 10.1. The molecule has 1 N–H and O–H groups in total. The molecule has 0 bridgehead atoms. The number of unbranched alkanes of at least 4 members (excludes halogenated alkanes) is 2. The van der Waals surface area contributed by atoms with Crippen molar-refractivity contribution in [2.45, 2.75) is 49.8 Å². The lowest BCUT2D eigenvalue weighted by Crippen LogP contribution is -2.40. The predicted octanol–water partition coefficient (Wildman–Crippen LogP) is 2.08. The monoisotopic (exact) mass is 279 g/mol. The van der Waals surface area contributed by atoms with Crippen molar-refractivity contribution >= 4 is 21.6 Å². The maximum absolute atomic E-state index is 11.6. The van der Waals surface area contributed by atoms with Crippen LogP contribution in [0.25, 0.3) is 0 Å². The second-order valence-corrected chi connectivity index (χ2v) is 8.16.